The Morgan fingerprint density at radius 3 is 2.30 bits per heavy atom. The number of rotatable bonds is 3. The van der Waals surface area contributed by atoms with E-state index in [1.807, 2.05) is 26.0 Å². The minimum atomic E-state index is -0.663. The average molecular weight is 355 g/mol. The molecule has 1 aliphatic carbocycles. The molecule has 1 aliphatic rings. The van der Waals surface area contributed by atoms with Crippen molar-refractivity contribution in [3.63, 3.8) is 0 Å². The second-order valence-electron chi connectivity index (χ2n) is 5.84. The second kappa shape index (κ2) is 5.45. The molecule has 0 radical (unpaired) electrons. The fraction of sp³-hybridized carbons (Fsp3) is 0.467. The number of nitrogens with two attached hydrogens (primary N) is 1. The van der Waals surface area contributed by atoms with Gasteiger partial charge in [0.1, 0.15) is 0 Å². The Kier molecular flexibility index (Phi) is 4.21. The van der Waals surface area contributed by atoms with E-state index < -0.39 is 5.41 Å². The van der Waals surface area contributed by atoms with Gasteiger partial charge in [-0.05, 0) is 55.9 Å². The van der Waals surface area contributed by atoms with Crippen LogP contribution in [-0.2, 0) is 4.79 Å². The molecule has 108 valence electrons. The van der Waals surface area contributed by atoms with E-state index in [2.05, 4.69) is 28.2 Å². The Morgan fingerprint density at radius 1 is 1.40 bits per heavy atom. The highest BCUT2D eigenvalue weighted by atomic mass is 79.9. The van der Waals surface area contributed by atoms with E-state index in [0.717, 1.165) is 34.1 Å². The maximum atomic E-state index is 12.5. The molecule has 5 heteroatoms. The van der Waals surface area contributed by atoms with Crippen molar-refractivity contribution in [3.8, 4) is 0 Å². The molecule has 20 heavy (non-hydrogen) atoms. The van der Waals surface area contributed by atoms with Crippen LogP contribution in [0.15, 0.2) is 16.6 Å². The third-order valence-corrected chi connectivity index (χ3v) is 5.64. The quantitative estimate of drug-likeness (QED) is 0.813. The number of aryl methyl sites for hydroxylation is 2. The summed E-state index contributed by atoms with van der Waals surface area (Å²) < 4.78 is 1.07. The molecule has 1 aromatic rings. The van der Waals surface area contributed by atoms with E-state index >= 15 is 0 Å². The molecule has 3 N–H and O–H groups in total. The van der Waals surface area contributed by atoms with Gasteiger partial charge >= 0.3 is 0 Å². The van der Waals surface area contributed by atoms with Crippen molar-refractivity contribution in [1.29, 1.82) is 0 Å². The van der Waals surface area contributed by atoms with Crippen molar-refractivity contribution >= 4 is 44.7 Å². The molecule has 0 saturated heterocycles. The number of amides is 1. The lowest BCUT2D eigenvalue weighted by Gasteiger charge is -2.44. The number of benzene rings is 1. The molecule has 0 aromatic heterocycles. The second-order valence-corrected chi connectivity index (χ2v) is 7.07. The minimum Gasteiger partial charge on any atom is -0.392 e. The molecule has 3 nitrogen and oxygen atoms in total. The van der Waals surface area contributed by atoms with Gasteiger partial charge in [-0.2, -0.15) is 0 Å². The van der Waals surface area contributed by atoms with Crippen molar-refractivity contribution < 1.29 is 4.79 Å². The van der Waals surface area contributed by atoms with Gasteiger partial charge in [0.15, 0.2) is 0 Å². The van der Waals surface area contributed by atoms with Gasteiger partial charge in [-0.25, -0.2) is 0 Å². The average Bonchev–Trinajstić information content (AvgIpc) is 2.31. The zero-order valence-electron chi connectivity index (χ0n) is 11.9. The molecule has 0 bridgehead atoms. The molecule has 0 atom stereocenters. The molecule has 0 unspecified atom stereocenters. The predicted molar refractivity (Wildman–Crippen MR) is 89.9 cm³/mol. The van der Waals surface area contributed by atoms with Crippen LogP contribution >= 0.6 is 28.1 Å². The third-order valence-electron chi connectivity index (χ3n) is 3.99. The van der Waals surface area contributed by atoms with Gasteiger partial charge < -0.3 is 11.1 Å². The van der Waals surface area contributed by atoms with Crippen molar-refractivity contribution in [1.82, 2.24) is 0 Å². The molecule has 1 saturated carbocycles. The van der Waals surface area contributed by atoms with Crippen molar-refractivity contribution in [2.45, 2.75) is 33.6 Å². The Balaban J connectivity index is 2.22. The van der Waals surface area contributed by atoms with Crippen LogP contribution in [0.2, 0.25) is 0 Å². The number of nitrogens with one attached hydrogen (secondary N) is 1. The normalized spacial score (nSPS) is 24.9. The van der Waals surface area contributed by atoms with E-state index in [1.54, 1.807) is 0 Å². The first-order chi connectivity index (χ1) is 9.26. The number of halogens is 1. The summed E-state index contributed by atoms with van der Waals surface area (Å²) >= 11 is 8.63. The maximum Gasteiger partial charge on any atom is 0.237 e. The predicted octanol–water partition coefficient (Wildman–Crippen LogP) is 3.71. The fourth-order valence-corrected chi connectivity index (χ4v) is 3.39. The minimum absolute atomic E-state index is 0.0794. The zero-order valence-corrected chi connectivity index (χ0v) is 14.3. The van der Waals surface area contributed by atoms with E-state index in [1.165, 1.54) is 0 Å². The van der Waals surface area contributed by atoms with E-state index in [4.69, 9.17) is 18.0 Å². The lowest BCUT2D eigenvalue weighted by atomic mass is 9.62. The lowest BCUT2D eigenvalue weighted by Crippen LogP contribution is -2.53. The largest absolute Gasteiger partial charge is 0.392 e. The topological polar surface area (TPSA) is 55.1 Å². The first-order valence-corrected chi connectivity index (χ1v) is 7.84. The maximum absolute atomic E-state index is 12.5. The zero-order chi connectivity index (χ0) is 15.1. The van der Waals surface area contributed by atoms with Crippen molar-refractivity contribution in [2.75, 3.05) is 5.32 Å². The highest BCUT2D eigenvalue weighted by molar-refractivity contribution is 9.10. The van der Waals surface area contributed by atoms with Crippen LogP contribution in [0.5, 0.6) is 0 Å². The molecule has 0 heterocycles. The van der Waals surface area contributed by atoms with Gasteiger partial charge in [-0.1, -0.05) is 35.1 Å². The lowest BCUT2D eigenvalue weighted by molar-refractivity contribution is -0.127. The summed E-state index contributed by atoms with van der Waals surface area (Å²) in [5, 5.41) is 2.97. The van der Waals surface area contributed by atoms with Crippen LogP contribution in [-0.4, -0.2) is 10.9 Å². The number of hydrogen-bond donors (Lipinski definition) is 2. The van der Waals surface area contributed by atoms with Crippen LogP contribution in [0, 0.1) is 25.2 Å². The van der Waals surface area contributed by atoms with Crippen molar-refractivity contribution in [3.05, 3.63) is 27.7 Å². The summed E-state index contributed by atoms with van der Waals surface area (Å²) in [5.74, 6) is 0.417. The number of carbonyl (C=O) groups excluding carboxylic acids is 1. The number of thiocarbonyl (C=S) groups is 1. The molecule has 1 amide bonds. The summed E-state index contributed by atoms with van der Waals surface area (Å²) in [6.45, 7) is 6.11. The standard InChI is InChI=1S/C15H19BrN2OS/c1-8-6-15(7-8,13(17)20)14(19)18-11-4-9(2)12(16)10(3)5-11/h4-5,8H,6-7H2,1-3H3,(H2,17,20)(H,18,19). The first-order valence-electron chi connectivity index (χ1n) is 6.64. The summed E-state index contributed by atoms with van der Waals surface area (Å²) in [6, 6.07) is 3.90. The number of carbonyl (C=O) groups is 1. The summed E-state index contributed by atoms with van der Waals surface area (Å²) in [5.41, 5.74) is 8.11. The van der Waals surface area contributed by atoms with Gasteiger partial charge in [0, 0.05) is 10.2 Å². The SMILES string of the molecule is Cc1cc(NC(=O)C2(C(N)=S)CC(C)C2)cc(C)c1Br. The fourth-order valence-electron chi connectivity index (χ4n) is 2.90. The van der Waals surface area contributed by atoms with Crippen LogP contribution < -0.4 is 11.1 Å². The van der Waals surface area contributed by atoms with E-state index in [-0.39, 0.29) is 5.91 Å². The molecule has 1 fully saturated rings. The van der Waals surface area contributed by atoms with Gasteiger partial charge in [0.05, 0.1) is 10.4 Å². The Hall–Kier alpha value is -0.940. The number of anilines is 1. The van der Waals surface area contributed by atoms with Crippen LogP contribution in [0.3, 0.4) is 0 Å². The Labute approximate surface area is 133 Å². The van der Waals surface area contributed by atoms with E-state index in [0.29, 0.717) is 10.9 Å². The number of hydrogen-bond acceptors (Lipinski definition) is 2. The Morgan fingerprint density at radius 2 is 1.90 bits per heavy atom. The summed E-state index contributed by atoms with van der Waals surface area (Å²) in [4.78, 5) is 12.8. The molecule has 1 aromatic carbocycles. The van der Waals surface area contributed by atoms with Gasteiger partial charge in [-0.15, -0.1) is 0 Å². The molecular weight excluding hydrogens is 336 g/mol. The Bertz CT molecular complexity index is 556. The molecule has 2 rings (SSSR count). The highest BCUT2D eigenvalue weighted by Gasteiger charge is 2.50. The van der Waals surface area contributed by atoms with Gasteiger partial charge in [-0.3, -0.25) is 4.79 Å². The van der Waals surface area contributed by atoms with Crippen molar-refractivity contribution in [2.24, 2.45) is 17.1 Å². The van der Waals surface area contributed by atoms with Gasteiger partial charge in [0.25, 0.3) is 0 Å². The molecule has 0 aliphatic heterocycles. The third kappa shape index (κ3) is 2.61. The summed E-state index contributed by atoms with van der Waals surface area (Å²) in [6.07, 6.45) is 1.48. The molecular formula is C15H19BrN2OS. The van der Waals surface area contributed by atoms with Crippen LogP contribution in [0.1, 0.15) is 30.9 Å². The summed E-state index contributed by atoms with van der Waals surface area (Å²) in [7, 11) is 0. The molecule has 0 spiro atoms. The van der Waals surface area contributed by atoms with Crippen LogP contribution in [0.4, 0.5) is 5.69 Å². The smallest absolute Gasteiger partial charge is 0.237 e. The van der Waals surface area contributed by atoms with Gasteiger partial charge in [0.2, 0.25) is 5.91 Å². The van der Waals surface area contributed by atoms with Crippen LogP contribution in [0.25, 0.3) is 0 Å². The highest BCUT2D eigenvalue weighted by Crippen LogP contribution is 2.46. The van der Waals surface area contributed by atoms with E-state index in [9.17, 15) is 4.79 Å². The monoisotopic (exact) mass is 354 g/mol. The first kappa shape index (κ1) is 15.4.